The van der Waals surface area contributed by atoms with E-state index in [4.69, 9.17) is 26.4 Å². The van der Waals surface area contributed by atoms with Crippen molar-refractivity contribution < 1.29 is 60.9 Å². The standard InChI is InChI=1S/C52H81NO12/c1-31-17-13-12-14-18-32(2)44(61-9)29-40-22-20-37(7)52(60,65-40)49(57)50(58)53-24-16-15-19-41(53)51(59)64-45(35(5)27-39-21-23-42(54)46(28-39)62-10)30-43(55)34(4)26-36(6)47(56)48(63-11)38(8)33(3)25-31/h12-14,17-18,26,31,33-35,37,39-42,44-48,54,56,60H,8,15-16,19-25,27-30H2,1-7,9-11H3/b14-12+,17-13+,32-18+,36-26+/t31-,33-,34-,35-,37-,39+,40+,41+,42-,44+,45+,46-,47-,48+,52-/m1/s1/i20D2. The van der Waals surface area contributed by atoms with E-state index in [1.807, 2.05) is 45.1 Å². The monoisotopic (exact) mass is 914 g/mol. The summed E-state index contributed by atoms with van der Waals surface area (Å²) in [4.78, 5) is 58.4. The van der Waals surface area contributed by atoms with E-state index in [9.17, 15) is 34.5 Å². The second-order valence-corrected chi connectivity index (χ2v) is 19.4. The number of methoxy groups -OCH3 is 3. The second kappa shape index (κ2) is 25.2. The van der Waals surface area contributed by atoms with E-state index in [-0.39, 0.29) is 67.8 Å². The highest BCUT2D eigenvalue weighted by Crippen LogP contribution is 2.38. The topological polar surface area (TPSA) is 178 Å². The lowest BCUT2D eigenvalue weighted by Gasteiger charge is -2.42. The minimum atomic E-state index is -2.85. The van der Waals surface area contributed by atoms with Crippen molar-refractivity contribution >= 4 is 23.4 Å². The van der Waals surface area contributed by atoms with Crippen molar-refractivity contribution in [3.63, 3.8) is 0 Å². The summed E-state index contributed by atoms with van der Waals surface area (Å²) in [5, 5.41) is 34.1. The number of carbonyl (C=O) groups is 4. The molecule has 4 aliphatic rings. The molecule has 1 saturated carbocycles. The van der Waals surface area contributed by atoms with Gasteiger partial charge in [-0.2, -0.15) is 0 Å². The molecule has 0 spiro atoms. The van der Waals surface area contributed by atoms with Crippen molar-refractivity contribution in [3.05, 3.63) is 59.8 Å². The normalized spacial score (nSPS) is 41.6. The van der Waals surface area contributed by atoms with Gasteiger partial charge in [-0.15, -0.1) is 0 Å². The van der Waals surface area contributed by atoms with Gasteiger partial charge in [0.1, 0.15) is 30.1 Å². The molecule has 3 fully saturated rings. The van der Waals surface area contributed by atoms with E-state index in [1.165, 1.54) is 21.1 Å². The number of cyclic esters (lactones) is 1. The highest BCUT2D eigenvalue weighted by Gasteiger charge is 2.53. The lowest BCUT2D eigenvalue weighted by molar-refractivity contribution is -0.265. The number of aliphatic hydroxyl groups is 3. The Kier molecular flexibility index (Phi) is 19.8. The van der Waals surface area contributed by atoms with Crippen LogP contribution in [0.25, 0.3) is 0 Å². The number of nitrogens with zero attached hydrogens (tertiary/aromatic N) is 1. The Balaban J connectivity index is 1.74. The van der Waals surface area contributed by atoms with Crippen LogP contribution in [0.3, 0.4) is 0 Å². The molecule has 2 saturated heterocycles. The van der Waals surface area contributed by atoms with Crippen LogP contribution in [0.1, 0.15) is 128 Å². The molecule has 1 amide bonds. The maximum Gasteiger partial charge on any atom is 0.329 e. The van der Waals surface area contributed by atoms with Crippen LogP contribution in [-0.4, -0.2) is 126 Å². The van der Waals surface area contributed by atoms with E-state index in [1.54, 1.807) is 27.0 Å². The lowest BCUT2D eigenvalue weighted by atomic mass is 9.78. The molecule has 15 atom stereocenters. The van der Waals surface area contributed by atoms with Crippen molar-refractivity contribution in [1.82, 2.24) is 4.90 Å². The number of piperidine rings is 1. The van der Waals surface area contributed by atoms with Gasteiger partial charge in [-0.05, 0) is 118 Å². The zero-order chi connectivity index (χ0) is 50.0. The number of ketones is 2. The first kappa shape index (κ1) is 51.1. The number of rotatable bonds is 6. The average Bonchev–Trinajstić information content (AvgIpc) is 3.29. The van der Waals surface area contributed by atoms with Gasteiger partial charge in [0.15, 0.2) is 0 Å². The summed E-state index contributed by atoms with van der Waals surface area (Å²) in [6.45, 7) is 17.0. The third-order valence-electron chi connectivity index (χ3n) is 14.4. The number of esters is 1. The quantitative estimate of drug-likeness (QED) is 0.139. The molecule has 3 N–H and O–H groups in total. The van der Waals surface area contributed by atoms with Gasteiger partial charge in [-0.1, -0.05) is 77.7 Å². The van der Waals surface area contributed by atoms with Gasteiger partial charge in [0.25, 0.3) is 11.7 Å². The average molecular weight is 914 g/mol. The van der Waals surface area contributed by atoms with Gasteiger partial charge in [-0.3, -0.25) is 14.4 Å². The molecule has 65 heavy (non-hydrogen) atoms. The molecule has 13 nitrogen and oxygen atoms in total. The van der Waals surface area contributed by atoms with Crippen LogP contribution < -0.4 is 0 Å². The van der Waals surface area contributed by atoms with Crippen LogP contribution in [0.2, 0.25) is 0 Å². The van der Waals surface area contributed by atoms with E-state index >= 15 is 0 Å². The van der Waals surface area contributed by atoms with Crippen LogP contribution in [-0.2, 0) is 42.9 Å². The van der Waals surface area contributed by atoms with E-state index in [0.717, 1.165) is 22.5 Å². The number of ether oxygens (including phenoxy) is 5. The van der Waals surface area contributed by atoms with Gasteiger partial charge >= 0.3 is 5.97 Å². The number of fused-ring (bicyclic) bond motifs is 3. The second-order valence-electron chi connectivity index (χ2n) is 19.4. The molecule has 0 unspecified atom stereocenters. The lowest BCUT2D eigenvalue weighted by Crippen LogP contribution is -2.61. The Labute approximate surface area is 391 Å². The summed E-state index contributed by atoms with van der Waals surface area (Å²) >= 11 is 0. The van der Waals surface area contributed by atoms with Gasteiger partial charge in [-0.25, -0.2) is 4.79 Å². The fourth-order valence-corrected chi connectivity index (χ4v) is 9.96. The summed E-state index contributed by atoms with van der Waals surface area (Å²) in [6.07, 6.45) is 7.87. The van der Waals surface area contributed by atoms with Crippen LogP contribution in [0.5, 0.6) is 0 Å². The van der Waals surface area contributed by atoms with Crippen LogP contribution in [0.15, 0.2) is 59.8 Å². The third kappa shape index (κ3) is 14.4. The molecule has 0 aromatic carbocycles. The first-order chi connectivity index (χ1) is 31.5. The number of aliphatic hydroxyl groups excluding tert-OH is 2. The summed E-state index contributed by atoms with van der Waals surface area (Å²) < 4.78 is 47.3. The molecule has 3 heterocycles. The Morgan fingerprint density at radius 3 is 2.32 bits per heavy atom. The van der Waals surface area contributed by atoms with Gasteiger partial charge in [0, 0.05) is 55.3 Å². The number of hydrogen-bond donors (Lipinski definition) is 3. The van der Waals surface area contributed by atoms with Gasteiger partial charge in [0.05, 0.1) is 24.4 Å². The Morgan fingerprint density at radius 2 is 1.65 bits per heavy atom. The number of hydrogen-bond acceptors (Lipinski definition) is 12. The summed E-state index contributed by atoms with van der Waals surface area (Å²) in [6, 6.07) is -1.23. The maximum atomic E-state index is 14.4. The Morgan fingerprint density at radius 1 is 0.923 bits per heavy atom. The minimum absolute atomic E-state index is 0.00153. The smallest absolute Gasteiger partial charge is 0.329 e. The maximum absolute atomic E-state index is 14.4. The zero-order valence-electron chi connectivity index (χ0n) is 42.7. The van der Waals surface area contributed by atoms with Crippen molar-refractivity contribution in [2.75, 3.05) is 27.9 Å². The molecule has 3 aliphatic heterocycles. The molecule has 2 bridgehead atoms. The van der Waals surface area contributed by atoms with E-state index in [2.05, 4.69) is 19.6 Å². The number of allylic oxidation sites excluding steroid dienone is 6. The Bertz CT molecular complexity index is 1850. The van der Waals surface area contributed by atoms with Crippen molar-refractivity contribution in [2.45, 2.75) is 180 Å². The van der Waals surface area contributed by atoms with Crippen LogP contribution >= 0.6 is 0 Å². The highest BCUT2D eigenvalue weighted by atomic mass is 16.6. The zero-order valence-corrected chi connectivity index (χ0v) is 40.7. The molecule has 366 valence electrons. The van der Waals surface area contributed by atoms with Gasteiger partial charge in [0.2, 0.25) is 5.79 Å². The molecule has 1 aliphatic carbocycles. The first-order valence-electron chi connectivity index (χ1n) is 24.8. The molecule has 0 aromatic heterocycles. The molecule has 0 aromatic rings. The predicted octanol–water partition coefficient (Wildman–Crippen LogP) is 7.17. The molecular weight excluding hydrogens is 831 g/mol. The molecule has 0 radical (unpaired) electrons. The largest absolute Gasteiger partial charge is 0.460 e. The molecular formula is C52H81NO12. The van der Waals surface area contributed by atoms with Gasteiger partial charge < -0.3 is 43.9 Å². The fourth-order valence-electron chi connectivity index (χ4n) is 9.96. The molecule has 4 rings (SSSR count). The summed E-state index contributed by atoms with van der Waals surface area (Å²) in [5.74, 6) is -8.74. The van der Waals surface area contributed by atoms with E-state index in [0.29, 0.717) is 44.1 Å². The van der Waals surface area contributed by atoms with Crippen LogP contribution in [0, 0.1) is 35.5 Å². The highest BCUT2D eigenvalue weighted by molar-refractivity contribution is 6.39. The van der Waals surface area contributed by atoms with E-state index < -0.39 is 84.3 Å². The predicted molar refractivity (Wildman–Crippen MR) is 249 cm³/mol. The van der Waals surface area contributed by atoms with Crippen molar-refractivity contribution in [2.24, 2.45) is 35.5 Å². The number of Topliss-reactive ketones (excluding diaryl/α,β-unsaturated/α-hetero) is 2. The molecule has 13 heteroatoms. The minimum Gasteiger partial charge on any atom is -0.460 e. The first-order valence-corrected chi connectivity index (χ1v) is 23.8. The summed E-state index contributed by atoms with van der Waals surface area (Å²) in [5.41, 5.74) is 2.03. The van der Waals surface area contributed by atoms with Crippen molar-refractivity contribution in [1.29, 1.82) is 0 Å². The fraction of sp³-hybridized carbons (Fsp3) is 0.731. The van der Waals surface area contributed by atoms with Crippen molar-refractivity contribution in [3.8, 4) is 0 Å². The Hall–Kier alpha value is -3.30. The number of carbonyl (C=O) groups excluding carboxylic acids is 4. The number of amides is 1. The summed E-state index contributed by atoms with van der Waals surface area (Å²) in [7, 11) is 4.59. The third-order valence-corrected chi connectivity index (χ3v) is 14.4. The van der Waals surface area contributed by atoms with Crippen LogP contribution in [0.4, 0.5) is 0 Å². The SMILES string of the molecule is [2H]C1([2H])C[C@H]2C[C@H](OC)/C(C)=C/C=C/C=C/[C@@H](C)C[C@@H](C)C(=C)[C@H](OC)[C@H](O)/C(C)=C/[C@@H](C)C(=O)C[C@@H]([C@H](C)C[C@@H]3CC[C@@H](O)[C@H](OC)C3)OC(=O)[C@@H]3CCCCN3C(=O)C(=O)[C@](O)(O2)[C@@H]1C.